The number of hydrogen-bond donors (Lipinski definition) is 0. The fourth-order valence-electron chi connectivity index (χ4n) is 2.25. The summed E-state index contributed by atoms with van der Waals surface area (Å²) in [7, 11) is 0. The summed E-state index contributed by atoms with van der Waals surface area (Å²) in [5.74, 6) is 1.19. The standard InChI is InChI=1S/C18H20Cl2/c19-13-17-9-5-15(6-10-17)3-1-2-4-16-7-11-18(14-20)12-8-16/h5-12H,1-4,13-14H2. The molecule has 0 aliphatic heterocycles. The molecule has 0 saturated carbocycles. The molecule has 2 heteroatoms. The van der Waals surface area contributed by atoms with Gasteiger partial charge in [-0.25, -0.2) is 0 Å². The Balaban J connectivity index is 1.72. The third kappa shape index (κ3) is 4.85. The molecule has 2 aromatic rings. The van der Waals surface area contributed by atoms with Gasteiger partial charge in [0.15, 0.2) is 0 Å². The van der Waals surface area contributed by atoms with Gasteiger partial charge in [-0.3, -0.25) is 0 Å². The molecule has 0 heterocycles. The van der Waals surface area contributed by atoms with Crippen molar-refractivity contribution in [1.29, 1.82) is 0 Å². The zero-order valence-corrected chi connectivity index (χ0v) is 13.1. The van der Waals surface area contributed by atoms with E-state index < -0.39 is 0 Å². The monoisotopic (exact) mass is 306 g/mol. The minimum Gasteiger partial charge on any atom is -0.122 e. The number of alkyl halides is 2. The summed E-state index contributed by atoms with van der Waals surface area (Å²) < 4.78 is 0. The lowest BCUT2D eigenvalue weighted by Gasteiger charge is -2.04. The molecule has 0 aliphatic rings. The third-order valence-electron chi connectivity index (χ3n) is 3.54. The molecule has 0 atom stereocenters. The van der Waals surface area contributed by atoms with Gasteiger partial charge < -0.3 is 0 Å². The number of hydrogen-bond acceptors (Lipinski definition) is 0. The second-order valence-corrected chi connectivity index (χ2v) is 5.64. The predicted octanol–water partition coefficient (Wildman–Crippen LogP) is 5.73. The minimum atomic E-state index is 0.596. The van der Waals surface area contributed by atoms with Crippen LogP contribution in [-0.4, -0.2) is 0 Å². The average molecular weight is 307 g/mol. The van der Waals surface area contributed by atoms with E-state index in [9.17, 15) is 0 Å². The number of rotatable bonds is 7. The van der Waals surface area contributed by atoms with Gasteiger partial charge in [0.2, 0.25) is 0 Å². The van der Waals surface area contributed by atoms with E-state index in [1.54, 1.807) is 0 Å². The van der Waals surface area contributed by atoms with Crippen LogP contribution < -0.4 is 0 Å². The maximum absolute atomic E-state index is 5.79. The van der Waals surface area contributed by atoms with Gasteiger partial charge in [-0.1, -0.05) is 48.5 Å². The quantitative estimate of drug-likeness (QED) is 0.452. The van der Waals surface area contributed by atoms with Crippen molar-refractivity contribution in [3.63, 3.8) is 0 Å². The van der Waals surface area contributed by atoms with Crippen molar-refractivity contribution < 1.29 is 0 Å². The number of aryl methyl sites for hydroxylation is 2. The lowest BCUT2D eigenvalue weighted by Crippen LogP contribution is -1.90. The molecule has 0 fully saturated rings. The number of unbranched alkanes of at least 4 members (excludes halogenated alkanes) is 1. The van der Waals surface area contributed by atoms with Gasteiger partial charge >= 0.3 is 0 Å². The van der Waals surface area contributed by atoms with Crippen LogP contribution in [0.4, 0.5) is 0 Å². The van der Waals surface area contributed by atoms with Crippen molar-refractivity contribution in [2.45, 2.75) is 37.4 Å². The first-order chi connectivity index (χ1) is 9.81. The zero-order valence-electron chi connectivity index (χ0n) is 11.6. The summed E-state index contributed by atoms with van der Waals surface area (Å²) in [5, 5.41) is 0. The highest BCUT2D eigenvalue weighted by Gasteiger charge is 1.97. The Morgan fingerprint density at radius 2 is 0.800 bits per heavy atom. The molecule has 0 aromatic heterocycles. The number of halogens is 2. The molecular weight excluding hydrogens is 287 g/mol. The molecule has 0 N–H and O–H groups in total. The van der Waals surface area contributed by atoms with Crippen LogP contribution in [0.3, 0.4) is 0 Å². The Labute approximate surface area is 131 Å². The SMILES string of the molecule is ClCc1ccc(CCCCc2ccc(CCl)cc2)cc1. The van der Waals surface area contributed by atoms with Gasteiger partial charge in [0.25, 0.3) is 0 Å². The molecule has 0 radical (unpaired) electrons. The summed E-state index contributed by atoms with van der Waals surface area (Å²) in [4.78, 5) is 0. The molecule has 2 aromatic carbocycles. The van der Waals surface area contributed by atoms with Crippen LogP contribution >= 0.6 is 23.2 Å². The largest absolute Gasteiger partial charge is 0.122 e. The van der Waals surface area contributed by atoms with Gasteiger partial charge in [0.1, 0.15) is 0 Å². The van der Waals surface area contributed by atoms with Gasteiger partial charge in [0, 0.05) is 11.8 Å². The smallest absolute Gasteiger partial charge is 0.0474 e. The highest BCUT2D eigenvalue weighted by atomic mass is 35.5. The normalized spacial score (nSPS) is 10.7. The molecule has 2 rings (SSSR count). The maximum atomic E-state index is 5.79. The Hall–Kier alpha value is -0.980. The Morgan fingerprint density at radius 1 is 0.500 bits per heavy atom. The molecule has 0 aliphatic carbocycles. The van der Waals surface area contributed by atoms with E-state index in [-0.39, 0.29) is 0 Å². The predicted molar refractivity (Wildman–Crippen MR) is 88.6 cm³/mol. The van der Waals surface area contributed by atoms with E-state index >= 15 is 0 Å². The van der Waals surface area contributed by atoms with Crippen molar-refractivity contribution in [3.8, 4) is 0 Å². The van der Waals surface area contributed by atoms with Crippen LogP contribution in [0.1, 0.15) is 35.1 Å². The highest BCUT2D eigenvalue weighted by Crippen LogP contribution is 2.13. The van der Waals surface area contributed by atoms with Crippen LogP contribution in [0.2, 0.25) is 0 Å². The van der Waals surface area contributed by atoms with Crippen molar-refractivity contribution in [2.75, 3.05) is 0 Å². The van der Waals surface area contributed by atoms with Crippen molar-refractivity contribution in [3.05, 3.63) is 70.8 Å². The van der Waals surface area contributed by atoms with Crippen LogP contribution in [0.25, 0.3) is 0 Å². The molecule has 0 nitrogen and oxygen atoms in total. The van der Waals surface area contributed by atoms with Gasteiger partial charge in [0.05, 0.1) is 0 Å². The van der Waals surface area contributed by atoms with E-state index in [1.807, 2.05) is 0 Å². The van der Waals surface area contributed by atoms with Gasteiger partial charge in [-0.05, 0) is 47.9 Å². The first-order valence-electron chi connectivity index (χ1n) is 7.09. The van der Waals surface area contributed by atoms with Crippen LogP contribution in [-0.2, 0) is 24.6 Å². The van der Waals surface area contributed by atoms with Crippen LogP contribution in [0.15, 0.2) is 48.5 Å². The fraction of sp³-hybridized carbons (Fsp3) is 0.333. The molecule has 0 unspecified atom stereocenters. The molecular formula is C18H20Cl2. The lowest BCUT2D eigenvalue weighted by molar-refractivity contribution is 0.734. The maximum Gasteiger partial charge on any atom is 0.0474 e. The number of benzene rings is 2. The lowest BCUT2D eigenvalue weighted by atomic mass is 10.0. The molecule has 0 amide bonds. The second kappa shape index (κ2) is 8.34. The van der Waals surface area contributed by atoms with E-state index in [1.165, 1.54) is 35.1 Å². The molecule has 106 valence electrons. The first kappa shape index (κ1) is 15.4. The summed E-state index contributed by atoms with van der Waals surface area (Å²) >= 11 is 11.6. The summed E-state index contributed by atoms with van der Waals surface area (Å²) in [6.07, 6.45) is 4.72. The van der Waals surface area contributed by atoms with Gasteiger partial charge in [-0.15, -0.1) is 23.2 Å². The van der Waals surface area contributed by atoms with E-state index in [4.69, 9.17) is 23.2 Å². The zero-order chi connectivity index (χ0) is 14.2. The average Bonchev–Trinajstić information content (AvgIpc) is 2.53. The summed E-state index contributed by atoms with van der Waals surface area (Å²) in [6, 6.07) is 17.2. The van der Waals surface area contributed by atoms with Crippen LogP contribution in [0.5, 0.6) is 0 Å². The Bertz CT molecular complexity index is 450. The van der Waals surface area contributed by atoms with E-state index in [0.717, 1.165) is 12.8 Å². The molecule has 0 spiro atoms. The van der Waals surface area contributed by atoms with Crippen molar-refractivity contribution in [1.82, 2.24) is 0 Å². The fourth-order valence-corrected chi connectivity index (χ4v) is 2.60. The minimum absolute atomic E-state index is 0.596. The van der Waals surface area contributed by atoms with Crippen LogP contribution in [0, 0.1) is 0 Å². The molecule has 0 saturated heterocycles. The van der Waals surface area contributed by atoms with E-state index in [2.05, 4.69) is 48.5 Å². The van der Waals surface area contributed by atoms with Gasteiger partial charge in [-0.2, -0.15) is 0 Å². The Kier molecular flexibility index (Phi) is 6.42. The molecule has 0 bridgehead atoms. The molecule has 20 heavy (non-hydrogen) atoms. The van der Waals surface area contributed by atoms with Crippen molar-refractivity contribution >= 4 is 23.2 Å². The van der Waals surface area contributed by atoms with Crippen molar-refractivity contribution in [2.24, 2.45) is 0 Å². The Morgan fingerprint density at radius 3 is 1.10 bits per heavy atom. The summed E-state index contributed by atoms with van der Waals surface area (Å²) in [6.45, 7) is 0. The third-order valence-corrected chi connectivity index (χ3v) is 4.15. The second-order valence-electron chi connectivity index (χ2n) is 5.11. The topological polar surface area (TPSA) is 0 Å². The first-order valence-corrected chi connectivity index (χ1v) is 8.16. The van der Waals surface area contributed by atoms with E-state index in [0.29, 0.717) is 11.8 Å². The summed E-state index contributed by atoms with van der Waals surface area (Å²) in [5.41, 5.74) is 5.18. The highest BCUT2D eigenvalue weighted by molar-refractivity contribution is 6.17.